The van der Waals surface area contributed by atoms with Crippen molar-refractivity contribution in [2.75, 3.05) is 18.5 Å². The minimum Gasteiger partial charge on any atom is -0.375 e. The summed E-state index contributed by atoms with van der Waals surface area (Å²) in [4.78, 5) is 12.3. The van der Waals surface area contributed by atoms with E-state index in [1.54, 1.807) is 6.92 Å². The molecule has 0 aliphatic carbocycles. The minimum absolute atomic E-state index is 0.253. The zero-order valence-corrected chi connectivity index (χ0v) is 13.4. The Morgan fingerprint density at radius 2 is 2.04 bits per heavy atom. The van der Waals surface area contributed by atoms with Crippen molar-refractivity contribution in [1.82, 2.24) is 15.1 Å². The predicted molar refractivity (Wildman–Crippen MR) is 84.4 cm³/mol. The normalized spacial score (nSPS) is 21.1. The van der Waals surface area contributed by atoms with Gasteiger partial charge in [0.05, 0.1) is 24.6 Å². The number of morpholine rings is 1. The van der Waals surface area contributed by atoms with Gasteiger partial charge in [-0.15, -0.1) is 0 Å². The Morgan fingerprint density at radius 1 is 1.32 bits per heavy atom. The summed E-state index contributed by atoms with van der Waals surface area (Å²) in [5.74, 6) is -0.255. The van der Waals surface area contributed by atoms with Crippen molar-refractivity contribution in [2.24, 2.45) is 0 Å². The van der Waals surface area contributed by atoms with E-state index in [-0.39, 0.29) is 17.7 Å². The van der Waals surface area contributed by atoms with E-state index < -0.39 is 17.9 Å². The van der Waals surface area contributed by atoms with Gasteiger partial charge in [0.15, 0.2) is 0 Å². The molecule has 1 aliphatic rings. The number of nitrogens with zero attached hydrogens (tertiary/aromatic N) is 2. The summed E-state index contributed by atoms with van der Waals surface area (Å²) in [6.07, 6.45) is -3.66. The van der Waals surface area contributed by atoms with Crippen LogP contribution in [0.2, 0.25) is 0 Å². The van der Waals surface area contributed by atoms with Crippen LogP contribution in [0.1, 0.15) is 12.6 Å². The topological polar surface area (TPSA) is 68.2 Å². The van der Waals surface area contributed by atoms with Gasteiger partial charge >= 0.3 is 6.18 Å². The molecule has 0 spiro atoms. The lowest BCUT2D eigenvalue weighted by molar-refractivity contribution is -0.142. The van der Waals surface area contributed by atoms with Crippen molar-refractivity contribution in [3.8, 4) is 5.69 Å². The number of ether oxygens (including phenoxy) is 1. The minimum atomic E-state index is -4.49. The summed E-state index contributed by atoms with van der Waals surface area (Å²) in [5.41, 5.74) is -0.126. The van der Waals surface area contributed by atoms with E-state index in [1.807, 2.05) is 0 Å². The highest BCUT2D eigenvalue weighted by molar-refractivity contribution is 5.95. The average Bonchev–Trinajstić information content (AvgIpc) is 3.06. The lowest BCUT2D eigenvalue weighted by Gasteiger charge is -2.29. The molecule has 1 saturated heterocycles. The number of halogens is 3. The molecule has 1 fully saturated rings. The van der Waals surface area contributed by atoms with Gasteiger partial charge < -0.3 is 15.4 Å². The van der Waals surface area contributed by atoms with Crippen LogP contribution in [0.15, 0.2) is 36.5 Å². The van der Waals surface area contributed by atoms with Crippen LogP contribution in [0.25, 0.3) is 5.69 Å². The third kappa shape index (κ3) is 3.83. The quantitative estimate of drug-likeness (QED) is 0.887. The molecule has 0 radical (unpaired) electrons. The Kier molecular flexibility index (Phi) is 4.78. The SMILES string of the molecule is C[C@H]1OCCN[C@@H]1C(=O)Nc1ccc(-n2nccc2C(F)(F)F)cc1. The van der Waals surface area contributed by atoms with Crippen molar-refractivity contribution in [2.45, 2.75) is 25.2 Å². The van der Waals surface area contributed by atoms with E-state index in [4.69, 9.17) is 4.74 Å². The van der Waals surface area contributed by atoms with Gasteiger partial charge in [0.25, 0.3) is 0 Å². The Balaban J connectivity index is 1.73. The first kappa shape index (κ1) is 17.4. The molecule has 2 heterocycles. The molecule has 25 heavy (non-hydrogen) atoms. The summed E-state index contributed by atoms with van der Waals surface area (Å²) in [5, 5.41) is 9.51. The molecular weight excluding hydrogens is 337 g/mol. The number of carbonyl (C=O) groups excluding carboxylic acids is 1. The summed E-state index contributed by atoms with van der Waals surface area (Å²) < 4.78 is 45.0. The van der Waals surface area contributed by atoms with Crippen molar-refractivity contribution in [3.63, 3.8) is 0 Å². The highest BCUT2D eigenvalue weighted by atomic mass is 19.4. The van der Waals surface area contributed by atoms with E-state index in [2.05, 4.69) is 15.7 Å². The molecule has 0 unspecified atom stereocenters. The molecular formula is C16H17F3N4O2. The highest BCUT2D eigenvalue weighted by Crippen LogP contribution is 2.30. The Hall–Kier alpha value is -2.39. The molecule has 6 nitrogen and oxygen atoms in total. The third-order valence-electron chi connectivity index (χ3n) is 3.91. The van der Waals surface area contributed by atoms with E-state index in [0.717, 1.165) is 16.9 Å². The van der Waals surface area contributed by atoms with E-state index in [9.17, 15) is 18.0 Å². The van der Waals surface area contributed by atoms with Gasteiger partial charge in [0.2, 0.25) is 5.91 Å². The maximum Gasteiger partial charge on any atom is 0.433 e. The fourth-order valence-electron chi connectivity index (χ4n) is 2.66. The fraction of sp³-hybridized carbons (Fsp3) is 0.375. The van der Waals surface area contributed by atoms with Crippen molar-refractivity contribution < 1.29 is 22.7 Å². The van der Waals surface area contributed by atoms with Gasteiger partial charge in [0.1, 0.15) is 11.7 Å². The second kappa shape index (κ2) is 6.85. The molecule has 2 atom stereocenters. The van der Waals surface area contributed by atoms with Crippen LogP contribution in [0.3, 0.4) is 0 Å². The monoisotopic (exact) mass is 354 g/mol. The first-order valence-electron chi connectivity index (χ1n) is 7.74. The molecule has 3 rings (SSSR count). The van der Waals surface area contributed by atoms with Gasteiger partial charge in [0, 0.05) is 12.2 Å². The lowest BCUT2D eigenvalue weighted by atomic mass is 10.1. The largest absolute Gasteiger partial charge is 0.433 e. The Labute approximate surface area is 142 Å². The number of benzene rings is 1. The lowest BCUT2D eigenvalue weighted by Crippen LogP contribution is -2.53. The van der Waals surface area contributed by atoms with Gasteiger partial charge in [-0.3, -0.25) is 4.79 Å². The standard InChI is InChI=1S/C16H17F3N4O2/c1-10-14(20-8-9-25-10)15(24)22-11-2-4-12(5-3-11)23-13(6-7-21-23)16(17,18)19/h2-7,10,14,20H,8-9H2,1H3,(H,22,24)/t10-,14+/m1/s1. The van der Waals surface area contributed by atoms with Crippen molar-refractivity contribution >= 4 is 11.6 Å². The van der Waals surface area contributed by atoms with Crippen LogP contribution in [0.5, 0.6) is 0 Å². The fourth-order valence-corrected chi connectivity index (χ4v) is 2.66. The second-order valence-electron chi connectivity index (χ2n) is 5.67. The number of alkyl halides is 3. The van der Waals surface area contributed by atoms with Crippen LogP contribution in [0.4, 0.5) is 18.9 Å². The first-order valence-corrected chi connectivity index (χ1v) is 7.74. The molecule has 0 saturated carbocycles. The Bertz CT molecular complexity index is 743. The van der Waals surface area contributed by atoms with Gasteiger partial charge in [-0.25, -0.2) is 4.68 Å². The average molecular weight is 354 g/mol. The third-order valence-corrected chi connectivity index (χ3v) is 3.91. The molecule has 0 bridgehead atoms. The number of nitrogens with one attached hydrogen (secondary N) is 2. The number of amides is 1. The number of aromatic nitrogens is 2. The molecule has 9 heteroatoms. The summed E-state index contributed by atoms with van der Waals surface area (Å²) in [7, 11) is 0. The van der Waals surface area contributed by atoms with Crippen LogP contribution >= 0.6 is 0 Å². The van der Waals surface area contributed by atoms with Gasteiger partial charge in [-0.05, 0) is 37.3 Å². The summed E-state index contributed by atoms with van der Waals surface area (Å²) in [6.45, 7) is 2.93. The number of anilines is 1. The maximum absolute atomic E-state index is 12.9. The number of rotatable bonds is 3. The van der Waals surface area contributed by atoms with Gasteiger partial charge in [-0.2, -0.15) is 18.3 Å². The maximum atomic E-state index is 12.9. The summed E-state index contributed by atoms with van der Waals surface area (Å²) in [6, 6.07) is 6.42. The summed E-state index contributed by atoms with van der Waals surface area (Å²) >= 11 is 0. The zero-order chi connectivity index (χ0) is 18.0. The molecule has 2 N–H and O–H groups in total. The van der Waals surface area contributed by atoms with Crippen LogP contribution in [0, 0.1) is 0 Å². The smallest absolute Gasteiger partial charge is 0.375 e. The van der Waals surface area contributed by atoms with Crippen molar-refractivity contribution in [1.29, 1.82) is 0 Å². The first-order chi connectivity index (χ1) is 11.9. The van der Waals surface area contributed by atoms with Gasteiger partial charge in [-0.1, -0.05) is 0 Å². The highest BCUT2D eigenvalue weighted by Gasteiger charge is 2.35. The number of hydrogen-bond donors (Lipinski definition) is 2. The molecule has 1 aliphatic heterocycles. The van der Waals surface area contributed by atoms with Crippen LogP contribution in [-0.4, -0.2) is 41.0 Å². The Morgan fingerprint density at radius 3 is 2.68 bits per heavy atom. The predicted octanol–water partition coefficient (Wildman–Crippen LogP) is 2.21. The van der Waals surface area contributed by atoms with Crippen molar-refractivity contribution in [3.05, 3.63) is 42.2 Å². The molecule has 1 aromatic heterocycles. The zero-order valence-electron chi connectivity index (χ0n) is 13.4. The number of carbonyl (C=O) groups is 1. The van der Waals surface area contributed by atoms with Crippen LogP contribution in [-0.2, 0) is 15.7 Å². The van der Waals surface area contributed by atoms with E-state index in [0.29, 0.717) is 18.8 Å². The van der Waals surface area contributed by atoms with E-state index >= 15 is 0 Å². The molecule has 1 aromatic carbocycles. The van der Waals surface area contributed by atoms with Crippen LogP contribution < -0.4 is 10.6 Å². The van der Waals surface area contributed by atoms with E-state index in [1.165, 1.54) is 24.3 Å². The molecule has 2 aromatic rings. The molecule has 1 amide bonds. The number of hydrogen-bond acceptors (Lipinski definition) is 4. The molecule has 134 valence electrons. The second-order valence-corrected chi connectivity index (χ2v) is 5.67.